The Kier molecular flexibility index (Phi) is 2.95. The average Bonchev–Trinajstić information content (AvgIpc) is 2.13. The molecule has 0 radical (unpaired) electrons. The molecule has 6 heteroatoms. The van der Waals surface area contributed by atoms with E-state index in [0.717, 1.165) is 6.07 Å². The second-order valence-corrected chi connectivity index (χ2v) is 3.31. The highest BCUT2D eigenvalue weighted by Crippen LogP contribution is 2.38. The molecule has 0 aliphatic heterocycles. The topological polar surface area (TPSA) is 79.3 Å². The van der Waals surface area contributed by atoms with Gasteiger partial charge in [-0.3, -0.25) is 5.41 Å². The molecule has 0 bridgehead atoms. The Labute approximate surface area is 88.1 Å². The van der Waals surface area contributed by atoms with Crippen molar-refractivity contribution in [3.8, 4) is 11.5 Å². The van der Waals surface area contributed by atoms with Crippen LogP contribution in [0.4, 0.5) is 4.39 Å². The van der Waals surface area contributed by atoms with Gasteiger partial charge in [-0.2, -0.15) is 0 Å². The second-order valence-electron chi connectivity index (χ2n) is 2.52. The van der Waals surface area contributed by atoms with Gasteiger partial charge in [0.05, 0.1) is 12.7 Å². The van der Waals surface area contributed by atoms with Crippen LogP contribution >= 0.6 is 15.9 Å². The number of nitrogens with one attached hydrogen (secondary N) is 1. The first-order chi connectivity index (χ1) is 6.49. The lowest BCUT2D eigenvalue weighted by molar-refractivity contribution is 0.391. The number of nitrogen functional groups attached to an aromatic ring is 1. The summed E-state index contributed by atoms with van der Waals surface area (Å²) in [4.78, 5) is 0. The molecule has 4 nitrogen and oxygen atoms in total. The van der Waals surface area contributed by atoms with E-state index in [0.29, 0.717) is 0 Å². The number of phenols is 1. The van der Waals surface area contributed by atoms with Gasteiger partial charge >= 0.3 is 0 Å². The van der Waals surface area contributed by atoms with Gasteiger partial charge in [0.2, 0.25) is 0 Å². The van der Waals surface area contributed by atoms with Gasteiger partial charge in [-0.25, -0.2) is 4.39 Å². The number of ether oxygens (including phenoxy) is 1. The molecule has 0 unspecified atom stereocenters. The number of phenolic OH excluding ortho intramolecular Hbond substituents is 1. The van der Waals surface area contributed by atoms with Crippen molar-refractivity contribution in [1.29, 1.82) is 5.41 Å². The molecule has 0 saturated carbocycles. The van der Waals surface area contributed by atoms with E-state index in [4.69, 9.17) is 15.9 Å². The zero-order valence-electron chi connectivity index (χ0n) is 7.27. The number of hydrogen-bond donors (Lipinski definition) is 3. The predicted octanol–water partition coefficient (Wildman–Crippen LogP) is 1.59. The summed E-state index contributed by atoms with van der Waals surface area (Å²) in [6, 6.07) is 0.946. The van der Waals surface area contributed by atoms with Crippen molar-refractivity contribution in [3.63, 3.8) is 0 Å². The van der Waals surface area contributed by atoms with Crippen LogP contribution in [0.3, 0.4) is 0 Å². The number of amidine groups is 1. The molecule has 4 N–H and O–H groups in total. The van der Waals surface area contributed by atoms with Crippen LogP contribution < -0.4 is 10.5 Å². The lowest BCUT2D eigenvalue weighted by Crippen LogP contribution is -2.13. The highest BCUT2D eigenvalue weighted by molar-refractivity contribution is 9.10. The van der Waals surface area contributed by atoms with E-state index >= 15 is 0 Å². The lowest BCUT2D eigenvalue weighted by Gasteiger charge is -2.10. The maximum absolute atomic E-state index is 13.0. The van der Waals surface area contributed by atoms with Gasteiger partial charge in [0, 0.05) is 0 Å². The molecule has 0 spiro atoms. The number of aromatic hydroxyl groups is 1. The van der Waals surface area contributed by atoms with Crippen molar-refractivity contribution in [2.24, 2.45) is 5.73 Å². The Morgan fingerprint density at radius 1 is 1.71 bits per heavy atom. The molecule has 76 valence electrons. The molecule has 0 saturated heterocycles. The molecule has 0 aliphatic rings. The minimum absolute atomic E-state index is 0.0465. The van der Waals surface area contributed by atoms with Crippen LogP contribution in [0, 0.1) is 11.2 Å². The average molecular weight is 263 g/mol. The van der Waals surface area contributed by atoms with Gasteiger partial charge in [0.15, 0.2) is 11.6 Å². The van der Waals surface area contributed by atoms with Gasteiger partial charge < -0.3 is 15.6 Å². The van der Waals surface area contributed by atoms with Crippen molar-refractivity contribution in [2.45, 2.75) is 0 Å². The second kappa shape index (κ2) is 3.83. The Hall–Kier alpha value is -1.30. The summed E-state index contributed by atoms with van der Waals surface area (Å²) >= 11 is 2.94. The van der Waals surface area contributed by atoms with Gasteiger partial charge in [-0.1, -0.05) is 0 Å². The molecular weight excluding hydrogens is 255 g/mol. The third kappa shape index (κ3) is 1.65. The van der Waals surface area contributed by atoms with Crippen LogP contribution in [0.2, 0.25) is 0 Å². The minimum Gasteiger partial charge on any atom is -0.504 e. The fourth-order valence-electron chi connectivity index (χ4n) is 0.991. The summed E-state index contributed by atoms with van der Waals surface area (Å²) in [6.45, 7) is 0. The Bertz CT molecular complexity index is 395. The quantitative estimate of drug-likeness (QED) is 0.560. The van der Waals surface area contributed by atoms with Crippen molar-refractivity contribution in [1.82, 2.24) is 0 Å². The van der Waals surface area contributed by atoms with Crippen LogP contribution in [0.5, 0.6) is 11.5 Å². The van der Waals surface area contributed by atoms with Crippen LogP contribution in [0.1, 0.15) is 5.56 Å². The fourth-order valence-corrected chi connectivity index (χ4v) is 1.56. The van der Waals surface area contributed by atoms with E-state index in [-0.39, 0.29) is 21.6 Å². The first-order valence-electron chi connectivity index (χ1n) is 3.58. The van der Waals surface area contributed by atoms with E-state index in [1.54, 1.807) is 0 Å². The number of methoxy groups -OCH3 is 1. The van der Waals surface area contributed by atoms with Gasteiger partial charge in [0.1, 0.15) is 16.1 Å². The monoisotopic (exact) mass is 262 g/mol. The lowest BCUT2D eigenvalue weighted by atomic mass is 10.1. The molecule has 0 fully saturated rings. The largest absolute Gasteiger partial charge is 0.504 e. The zero-order chi connectivity index (χ0) is 10.9. The smallest absolute Gasteiger partial charge is 0.169 e. The van der Waals surface area contributed by atoms with Crippen molar-refractivity contribution in [3.05, 3.63) is 21.9 Å². The Balaban J connectivity index is 3.51. The van der Waals surface area contributed by atoms with Gasteiger partial charge in [-0.05, 0) is 22.0 Å². The van der Waals surface area contributed by atoms with Crippen molar-refractivity contribution >= 4 is 21.8 Å². The molecule has 0 aromatic heterocycles. The van der Waals surface area contributed by atoms with Crippen molar-refractivity contribution < 1.29 is 14.2 Å². The zero-order valence-corrected chi connectivity index (χ0v) is 8.85. The first-order valence-corrected chi connectivity index (χ1v) is 4.37. The first kappa shape index (κ1) is 10.8. The SMILES string of the molecule is COc1c(C(=N)N)cc(F)c(O)c1Br. The molecule has 1 rings (SSSR count). The third-order valence-electron chi connectivity index (χ3n) is 1.64. The van der Waals surface area contributed by atoms with E-state index in [1.807, 2.05) is 0 Å². The van der Waals surface area contributed by atoms with Gasteiger partial charge in [0.25, 0.3) is 0 Å². The maximum Gasteiger partial charge on any atom is 0.169 e. The van der Waals surface area contributed by atoms with Crippen LogP contribution in [0.25, 0.3) is 0 Å². The summed E-state index contributed by atoms with van der Waals surface area (Å²) in [5, 5.41) is 16.4. The van der Waals surface area contributed by atoms with E-state index in [1.165, 1.54) is 7.11 Å². The number of hydrogen-bond acceptors (Lipinski definition) is 3. The van der Waals surface area contributed by atoms with E-state index < -0.39 is 11.6 Å². The van der Waals surface area contributed by atoms with E-state index in [9.17, 15) is 9.50 Å². The summed E-state index contributed by atoms with van der Waals surface area (Å²) in [5.41, 5.74) is 5.30. The maximum atomic E-state index is 13.0. The fraction of sp³-hybridized carbons (Fsp3) is 0.125. The number of nitrogens with two attached hydrogens (primary N) is 1. The van der Waals surface area contributed by atoms with E-state index in [2.05, 4.69) is 15.9 Å². The molecular formula is C8H8BrFN2O2. The summed E-state index contributed by atoms with van der Waals surface area (Å²) in [7, 11) is 1.34. The molecule has 0 heterocycles. The molecule has 0 atom stereocenters. The molecule has 1 aromatic rings. The Morgan fingerprint density at radius 2 is 2.29 bits per heavy atom. The van der Waals surface area contributed by atoms with Crippen LogP contribution in [0.15, 0.2) is 10.5 Å². The molecule has 14 heavy (non-hydrogen) atoms. The molecule has 1 aromatic carbocycles. The predicted molar refractivity (Wildman–Crippen MR) is 53.3 cm³/mol. The minimum atomic E-state index is -0.858. The third-order valence-corrected chi connectivity index (χ3v) is 2.38. The van der Waals surface area contributed by atoms with Crippen molar-refractivity contribution in [2.75, 3.05) is 7.11 Å². The highest BCUT2D eigenvalue weighted by Gasteiger charge is 2.17. The Morgan fingerprint density at radius 3 is 2.71 bits per heavy atom. The molecule has 0 amide bonds. The number of halogens is 2. The normalized spacial score (nSPS) is 9.93. The number of benzene rings is 1. The van der Waals surface area contributed by atoms with Crippen LogP contribution in [-0.2, 0) is 0 Å². The summed E-state index contributed by atoms with van der Waals surface area (Å²) in [5.74, 6) is -1.62. The van der Waals surface area contributed by atoms with Crippen LogP contribution in [-0.4, -0.2) is 18.1 Å². The summed E-state index contributed by atoms with van der Waals surface area (Å²) in [6.07, 6.45) is 0. The highest BCUT2D eigenvalue weighted by atomic mass is 79.9. The summed E-state index contributed by atoms with van der Waals surface area (Å²) < 4.78 is 18.0. The van der Waals surface area contributed by atoms with Gasteiger partial charge in [-0.15, -0.1) is 0 Å². The molecule has 0 aliphatic carbocycles. The standard InChI is InChI=1S/C8H8BrFN2O2/c1-14-7-3(8(11)12)2-4(10)6(13)5(7)9/h2,13H,1H3,(H3,11,12). The number of rotatable bonds is 2.